The van der Waals surface area contributed by atoms with E-state index >= 15 is 0 Å². The third-order valence-corrected chi connectivity index (χ3v) is 3.75. The number of halogens is 1. The molecule has 3 rings (SSSR count). The van der Waals surface area contributed by atoms with E-state index in [9.17, 15) is 9.59 Å². The molecule has 1 aliphatic rings. The van der Waals surface area contributed by atoms with Gasteiger partial charge in [0.05, 0.1) is 5.56 Å². The monoisotopic (exact) mass is 376 g/mol. The van der Waals surface area contributed by atoms with Gasteiger partial charge in [-0.1, -0.05) is 28.1 Å². The summed E-state index contributed by atoms with van der Waals surface area (Å²) in [5.74, 6) is 0.254. The molecule has 0 N–H and O–H groups in total. The Hall–Kier alpha value is -2.34. The minimum absolute atomic E-state index is 0.266. The Balaban J connectivity index is 1.64. The van der Waals surface area contributed by atoms with Crippen molar-refractivity contribution in [2.24, 2.45) is 0 Å². The van der Waals surface area contributed by atoms with E-state index < -0.39 is 5.97 Å². The van der Waals surface area contributed by atoms with Crippen molar-refractivity contribution in [1.82, 2.24) is 0 Å². The molecule has 23 heavy (non-hydrogen) atoms. The van der Waals surface area contributed by atoms with E-state index in [1.807, 2.05) is 6.07 Å². The van der Waals surface area contributed by atoms with Crippen molar-refractivity contribution in [2.75, 3.05) is 19.8 Å². The molecule has 1 heterocycles. The van der Waals surface area contributed by atoms with E-state index in [0.29, 0.717) is 35.8 Å². The second-order valence-electron chi connectivity index (χ2n) is 4.87. The number of benzene rings is 2. The molecule has 118 valence electrons. The van der Waals surface area contributed by atoms with Gasteiger partial charge in [-0.05, 0) is 30.3 Å². The standard InChI is InChI=1S/C17H13BrO5/c18-13-3-1-2-11(8-13)14(19)10-23-17(20)12-4-5-15-16(9-12)22-7-6-21-15/h1-5,8-9H,6-7,10H2. The van der Waals surface area contributed by atoms with Crippen molar-refractivity contribution < 1.29 is 23.8 Å². The molecule has 0 fully saturated rings. The van der Waals surface area contributed by atoms with Gasteiger partial charge in [0, 0.05) is 10.0 Å². The maximum Gasteiger partial charge on any atom is 0.338 e. The van der Waals surface area contributed by atoms with Crippen LogP contribution in [0.15, 0.2) is 46.9 Å². The molecule has 0 bridgehead atoms. The van der Waals surface area contributed by atoms with Crippen molar-refractivity contribution in [1.29, 1.82) is 0 Å². The number of ketones is 1. The minimum atomic E-state index is -0.578. The first-order valence-electron chi connectivity index (χ1n) is 6.99. The zero-order chi connectivity index (χ0) is 16.2. The lowest BCUT2D eigenvalue weighted by Gasteiger charge is -2.18. The number of ether oxygens (including phenoxy) is 3. The maximum absolute atomic E-state index is 12.1. The number of carbonyl (C=O) groups excluding carboxylic acids is 2. The van der Waals surface area contributed by atoms with Crippen LogP contribution in [0.2, 0.25) is 0 Å². The third-order valence-electron chi connectivity index (χ3n) is 3.26. The van der Waals surface area contributed by atoms with E-state index in [1.165, 1.54) is 0 Å². The molecule has 0 saturated heterocycles. The molecule has 5 nitrogen and oxygen atoms in total. The van der Waals surface area contributed by atoms with Gasteiger partial charge in [0.2, 0.25) is 0 Å². The highest BCUT2D eigenvalue weighted by Crippen LogP contribution is 2.30. The van der Waals surface area contributed by atoms with Gasteiger partial charge in [0.1, 0.15) is 13.2 Å². The fourth-order valence-electron chi connectivity index (χ4n) is 2.13. The molecule has 2 aromatic carbocycles. The van der Waals surface area contributed by atoms with Gasteiger partial charge in [0.15, 0.2) is 23.9 Å². The number of fused-ring (bicyclic) bond motifs is 1. The summed E-state index contributed by atoms with van der Waals surface area (Å²) in [4.78, 5) is 24.1. The Bertz CT molecular complexity index is 756. The van der Waals surface area contributed by atoms with Crippen molar-refractivity contribution >= 4 is 27.7 Å². The van der Waals surface area contributed by atoms with Gasteiger partial charge < -0.3 is 14.2 Å². The molecule has 0 aromatic heterocycles. The van der Waals surface area contributed by atoms with Crippen molar-refractivity contribution in [3.8, 4) is 11.5 Å². The zero-order valence-electron chi connectivity index (χ0n) is 12.1. The SMILES string of the molecule is O=C(COC(=O)c1ccc2c(c1)OCCO2)c1cccc(Br)c1. The van der Waals surface area contributed by atoms with E-state index in [1.54, 1.807) is 36.4 Å². The first kappa shape index (κ1) is 15.6. The van der Waals surface area contributed by atoms with Gasteiger partial charge in [-0.2, -0.15) is 0 Å². The summed E-state index contributed by atoms with van der Waals surface area (Å²) >= 11 is 3.30. The van der Waals surface area contributed by atoms with Crippen LogP contribution in [0, 0.1) is 0 Å². The molecule has 2 aromatic rings. The first-order valence-corrected chi connectivity index (χ1v) is 7.78. The van der Waals surface area contributed by atoms with Crippen LogP contribution >= 0.6 is 15.9 Å². The van der Waals surface area contributed by atoms with Crippen molar-refractivity contribution in [3.05, 3.63) is 58.1 Å². The zero-order valence-corrected chi connectivity index (χ0v) is 13.7. The second kappa shape index (κ2) is 6.83. The number of esters is 1. The summed E-state index contributed by atoms with van der Waals surface area (Å²) in [6.07, 6.45) is 0. The van der Waals surface area contributed by atoms with Crippen LogP contribution in [0.3, 0.4) is 0 Å². The number of hydrogen-bond acceptors (Lipinski definition) is 5. The van der Waals surface area contributed by atoms with Crippen LogP contribution in [0.5, 0.6) is 11.5 Å². The van der Waals surface area contributed by atoms with Gasteiger partial charge >= 0.3 is 5.97 Å². The normalized spacial score (nSPS) is 12.6. The van der Waals surface area contributed by atoms with Crippen LogP contribution in [-0.2, 0) is 4.74 Å². The summed E-state index contributed by atoms with van der Waals surface area (Å²) in [6.45, 7) is 0.606. The van der Waals surface area contributed by atoms with Crippen molar-refractivity contribution in [3.63, 3.8) is 0 Å². The Labute approximate surface area is 141 Å². The Morgan fingerprint density at radius 3 is 2.57 bits per heavy atom. The Kier molecular flexibility index (Phi) is 4.62. The van der Waals surface area contributed by atoms with Crippen LogP contribution in [0.25, 0.3) is 0 Å². The quantitative estimate of drug-likeness (QED) is 0.605. The van der Waals surface area contributed by atoms with E-state index in [2.05, 4.69) is 15.9 Å². The van der Waals surface area contributed by atoms with Crippen LogP contribution in [-0.4, -0.2) is 31.6 Å². The average molecular weight is 377 g/mol. The number of hydrogen-bond donors (Lipinski definition) is 0. The van der Waals surface area contributed by atoms with Crippen LogP contribution < -0.4 is 9.47 Å². The molecule has 0 amide bonds. The molecule has 1 aliphatic heterocycles. The highest BCUT2D eigenvalue weighted by molar-refractivity contribution is 9.10. The minimum Gasteiger partial charge on any atom is -0.486 e. The predicted molar refractivity (Wildman–Crippen MR) is 86.2 cm³/mol. The fraction of sp³-hybridized carbons (Fsp3) is 0.176. The topological polar surface area (TPSA) is 61.8 Å². The molecular weight excluding hydrogens is 364 g/mol. The summed E-state index contributed by atoms with van der Waals surface area (Å²) in [5, 5.41) is 0. The first-order chi connectivity index (χ1) is 11.1. The third kappa shape index (κ3) is 3.71. The summed E-state index contributed by atoms with van der Waals surface area (Å²) in [7, 11) is 0. The highest BCUT2D eigenvalue weighted by Gasteiger charge is 2.17. The van der Waals surface area contributed by atoms with Gasteiger partial charge in [-0.3, -0.25) is 4.79 Å². The molecule has 0 unspecified atom stereocenters. The molecule has 0 atom stereocenters. The van der Waals surface area contributed by atoms with Crippen LogP contribution in [0.4, 0.5) is 0 Å². The van der Waals surface area contributed by atoms with Crippen molar-refractivity contribution in [2.45, 2.75) is 0 Å². The molecular formula is C17H13BrO5. The predicted octanol–water partition coefficient (Wildman–Crippen LogP) is 3.26. The Morgan fingerprint density at radius 2 is 1.78 bits per heavy atom. The molecule has 0 aliphatic carbocycles. The number of rotatable bonds is 4. The summed E-state index contributed by atoms with van der Waals surface area (Å²) in [5.41, 5.74) is 0.797. The Morgan fingerprint density at radius 1 is 1.00 bits per heavy atom. The van der Waals surface area contributed by atoms with Gasteiger partial charge in [-0.25, -0.2) is 4.79 Å². The molecule has 0 saturated carbocycles. The van der Waals surface area contributed by atoms with E-state index in [-0.39, 0.29) is 12.4 Å². The van der Waals surface area contributed by atoms with E-state index in [0.717, 1.165) is 4.47 Å². The number of Topliss-reactive ketones (excluding diaryl/α,β-unsaturated/α-hetero) is 1. The lowest BCUT2D eigenvalue weighted by atomic mass is 10.1. The average Bonchev–Trinajstić information content (AvgIpc) is 2.59. The largest absolute Gasteiger partial charge is 0.486 e. The lowest BCUT2D eigenvalue weighted by Crippen LogP contribution is -2.17. The molecule has 6 heteroatoms. The van der Waals surface area contributed by atoms with E-state index in [4.69, 9.17) is 14.2 Å². The molecule has 0 spiro atoms. The van der Waals surface area contributed by atoms with Gasteiger partial charge in [0.25, 0.3) is 0 Å². The van der Waals surface area contributed by atoms with Gasteiger partial charge in [-0.15, -0.1) is 0 Å². The maximum atomic E-state index is 12.1. The van der Waals surface area contributed by atoms with Crippen LogP contribution in [0.1, 0.15) is 20.7 Å². The summed E-state index contributed by atoms with van der Waals surface area (Å²) < 4.78 is 16.7. The fourth-order valence-corrected chi connectivity index (χ4v) is 2.53. The number of carbonyl (C=O) groups is 2. The summed E-state index contributed by atoms with van der Waals surface area (Å²) in [6, 6.07) is 11.7. The highest BCUT2D eigenvalue weighted by atomic mass is 79.9. The molecule has 0 radical (unpaired) electrons. The second-order valence-corrected chi connectivity index (χ2v) is 5.78. The smallest absolute Gasteiger partial charge is 0.338 e. The lowest BCUT2D eigenvalue weighted by molar-refractivity contribution is 0.0474.